The summed E-state index contributed by atoms with van der Waals surface area (Å²) in [4.78, 5) is 11.5. The molecule has 0 spiro atoms. The van der Waals surface area contributed by atoms with Crippen molar-refractivity contribution in [2.75, 3.05) is 49.1 Å². The second kappa shape index (κ2) is 7.87. The summed E-state index contributed by atoms with van der Waals surface area (Å²) in [7, 11) is 0. The third-order valence-electron chi connectivity index (χ3n) is 6.03. The molecule has 0 amide bonds. The summed E-state index contributed by atoms with van der Waals surface area (Å²) in [6, 6.07) is 13.5. The molecule has 2 aliphatic rings. The molecule has 0 aliphatic carbocycles. The Hall–Kier alpha value is -2.86. The number of benzene rings is 1. The van der Waals surface area contributed by atoms with Crippen LogP contribution in [0, 0.1) is 5.82 Å². The van der Waals surface area contributed by atoms with Crippen molar-refractivity contribution in [1.82, 2.24) is 14.5 Å². The number of rotatable bonds is 5. The lowest BCUT2D eigenvalue weighted by atomic mass is 10.1. The number of fused-ring (bicyclic) bond motifs is 3. The van der Waals surface area contributed by atoms with Crippen LogP contribution in [0.3, 0.4) is 0 Å². The van der Waals surface area contributed by atoms with Gasteiger partial charge in [0.2, 0.25) is 0 Å². The summed E-state index contributed by atoms with van der Waals surface area (Å²) in [6.45, 7) is 7.25. The summed E-state index contributed by atoms with van der Waals surface area (Å²) in [5.74, 6) is -0.183. The van der Waals surface area contributed by atoms with E-state index in [2.05, 4.69) is 42.4 Å². The second-order valence-electron chi connectivity index (χ2n) is 7.81. The van der Waals surface area contributed by atoms with Gasteiger partial charge < -0.3 is 14.4 Å². The maximum Gasteiger partial charge on any atom is 0.125 e. The van der Waals surface area contributed by atoms with E-state index in [9.17, 15) is 4.39 Å². The Kier molecular flexibility index (Phi) is 4.94. The Morgan fingerprint density at radius 2 is 1.72 bits per heavy atom. The van der Waals surface area contributed by atoms with Crippen molar-refractivity contribution in [2.24, 2.45) is 0 Å². The normalized spacial score (nSPS) is 16.6. The summed E-state index contributed by atoms with van der Waals surface area (Å²) in [6.07, 6.45) is 6.85. The SMILES string of the molecule is Fc1ccc2c(c1)-n1cccc1CN2CCCN1CCN(c2ccncc2)CC1. The first kappa shape index (κ1) is 18.2. The first-order chi connectivity index (χ1) is 14.3. The zero-order chi connectivity index (χ0) is 19.6. The molecule has 4 heterocycles. The molecule has 5 rings (SSSR count). The van der Waals surface area contributed by atoms with E-state index in [0.29, 0.717) is 0 Å². The molecule has 0 unspecified atom stereocenters. The van der Waals surface area contributed by atoms with Crippen LogP contribution >= 0.6 is 0 Å². The van der Waals surface area contributed by atoms with E-state index in [1.807, 2.05) is 30.7 Å². The molecule has 2 aromatic heterocycles. The van der Waals surface area contributed by atoms with Crippen molar-refractivity contribution < 1.29 is 4.39 Å². The van der Waals surface area contributed by atoms with E-state index >= 15 is 0 Å². The van der Waals surface area contributed by atoms with Crippen LogP contribution < -0.4 is 9.80 Å². The van der Waals surface area contributed by atoms with Crippen LogP contribution in [0.2, 0.25) is 0 Å². The molecule has 2 aliphatic heterocycles. The maximum atomic E-state index is 13.8. The number of aromatic nitrogens is 2. The maximum absolute atomic E-state index is 13.8. The molecule has 150 valence electrons. The van der Waals surface area contributed by atoms with Crippen LogP contribution in [0.4, 0.5) is 15.8 Å². The fraction of sp³-hybridized carbons (Fsp3) is 0.348. The van der Waals surface area contributed by atoms with Gasteiger partial charge in [-0.25, -0.2) is 4.39 Å². The molecule has 5 nitrogen and oxygen atoms in total. The van der Waals surface area contributed by atoms with Gasteiger partial charge in [0.15, 0.2) is 0 Å². The third kappa shape index (κ3) is 3.72. The molecule has 6 heteroatoms. The highest BCUT2D eigenvalue weighted by Gasteiger charge is 2.22. The van der Waals surface area contributed by atoms with Gasteiger partial charge >= 0.3 is 0 Å². The van der Waals surface area contributed by atoms with E-state index < -0.39 is 0 Å². The van der Waals surface area contributed by atoms with Gasteiger partial charge in [-0.2, -0.15) is 0 Å². The number of anilines is 2. The van der Waals surface area contributed by atoms with Crippen molar-refractivity contribution in [3.05, 3.63) is 72.6 Å². The van der Waals surface area contributed by atoms with E-state index in [1.165, 1.54) is 11.4 Å². The van der Waals surface area contributed by atoms with Gasteiger partial charge in [-0.05, 0) is 55.4 Å². The fourth-order valence-corrected chi connectivity index (χ4v) is 4.49. The molecule has 0 bridgehead atoms. The lowest BCUT2D eigenvalue weighted by Crippen LogP contribution is -2.47. The smallest absolute Gasteiger partial charge is 0.125 e. The van der Waals surface area contributed by atoms with E-state index in [4.69, 9.17) is 0 Å². The van der Waals surface area contributed by atoms with Gasteiger partial charge in [0.1, 0.15) is 5.82 Å². The largest absolute Gasteiger partial charge is 0.369 e. The van der Waals surface area contributed by atoms with Crippen LogP contribution in [0.5, 0.6) is 0 Å². The molecule has 29 heavy (non-hydrogen) atoms. The van der Waals surface area contributed by atoms with Crippen LogP contribution in [0.15, 0.2) is 61.1 Å². The lowest BCUT2D eigenvalue weighted by Gasteiger charge is -2.37. The van der Waals surface area contributed by atoms with Crippen molar-refractivity contribution >= 4 is 11.4 Å². The van der Waals surface area contributed by atoms with Crippen LogP contribution in [0.25, 0.3) is 5.69 Å². The van der Waals surface area contributed by atoms with Crippen LogP contribution in [0.1, 0.15) is 12.1 Å². The molecule has 0 radical (unpaired) electrons. The number of halogens is 1. The molecule has 0 saturated carbocycles. The summed E-state index contributed by atoms with van der Waals surface area (Å²) >= 11 is 0. The Balaban J connectivity index is 1.17. The van der Waals surface area contributed by atoms with Crippen molar-refractivity contribution in [1.29, 1.82) is 0 Å². The van der Waals surface area contributed by atoms with E-state index in [0.717, 1.165) is 63.6 Å². The lowest BCUT2D eigenvalue weighted by molar-refractivity contribution is 0.255. The van der Waals surface area contributed by atoms with Gasteiger partial charge in [0.05, 0.1) is 17.9 Å². The standard InChI is InChI=1S/C23H26FN5/c24-19-4-5-22-23(17-19)29-12-1-3-21(29)18-28(22)11-2-10-26-13-15-27(16-14-26)20-6-8-25-9-7-20/h1,3-9,12,17H,2,10-11,13-16,18H2. The minimum absolute atomic E-state index is 0.183. The van der Waals surface area contributed by atoms with Crippen LogP contribution in [-0.4, -0.2) is 53.7 Å². The molecule has 1 aromatic carbocycles. The topological polar surface area (TPSA) is 27.5 Å². The molecule has 3 aromatic rings. The molecule has 1 fully saturated rings. The summed E-state index contributed by atoms with van der Waals surface area (Å²) in [5, 5.41) is 0. The predicted octanol–water partition coefficient (Wildman–Crippen LogP) is 3.54. The second-order valence-corrected chi connectivity index (χ2v) is 7.81. The Bertz CT molecular complexity index is 962. The molecule has 0 N–H and O–H groups in total. The Labute approximate surface area is 171 Å². The van der Waals surface area contributed by atoms with E-state index in [1.54, 1.807) is 12.1 Å². The average molecular weight is 391 g/mol. The van der Waals surface area contributed by atoms with Crippen molar-refractivity contribution in [3.63, 3.8) is 0 Å². The molecular weight excluding hydrogens is 365 g/mol. The monoisotopic (exact) mass is 391 g/mol. The van der Waals surface area contributed by atoms with Gasteiger partial charge in [0, 0.05) is 62.7 Å². The van der Waals surface area contributed by atoms with Gasteiger partial charge in [0.25, 0.3) is 0 Å². The minimum Gasteiger partial charge on any atom is -0.369 e. The highest BCUT2D eigenvalue weighted by Crippen LogP contribution is 2.33. The summed E-state index contributed by atoms with van der Waals surface area (Å²) < 4.78 is 15.9. The number of piperazine rings is 1. The summed E-state index contributed by atoms with van der Waals surface area (Å²) in [5.41, 5.74) is 4.55. The molecule has 1 saturated heterocycles. The quantitative estimate of drug-likeness (QED) is 0.665. The zero-order valence-electron chi connectivity index (χ0n) is 16.5. The van der Waals surface area contributed by atoms with Crippen molar-refractivity contribution in [2.45, 2.75) is 13.0 Å². The average Bonchev–Trinajstić information content (AvgIpc) is 3.24. The number of nitrogens with zero attached hydrogens (tertiary/aromatic N) is 5. The fourth-order valence-electron chi connectivity index (χ4n) is 4.49. The van der Waals surface area contributed by atoms with E-state index in [-0.39, 0.29) is 5.82 Å². The highest BCUT2D eigenvalue weighted by molar-refractivity contribution is 5.66. The van der Waals surface area contributed by atoms with Gasteiger partial charge in [-0.3, -0.25) is 9.88 Å². The predicted molar refractivity (Wildman–Crippen MR) is 114 cm³/mol. The number of hydrogen-bond donors (Lipinski definition) is 0. The van der Waals surface area contributed by atoms with Gasteiger partial charge in [-0.1, -0.05) is 0 Å². The van der Waals surface area contributed by atoms with Gasteiger partial charge in [-0.15, -0.1) is 0 Å². The minimum atomic E-state index is -0.183. The zero-order valence-corrected chi connectivity index (χ0v) is 16.5. The molecule has 0 atom stereocenters. The van der Waals surface area contributed by atoms with Crippen molar-refractivity contribution in [3.8, 4) is 5.69 Å². The Morgan fingerprint density at radius 1 is 0.897 bits per heavy atom. The number of hydrogen-bond acceptors (Lipinski definition) is 4. The first-order valence-corrected chi connectivity index (χ1v) is 10.4. The first-order valence-electron chi connectivity index (χ1n) is 10.4. The molecular formula is C23H26FN5. The number of pyridine rings is 1. The van der Waals surface area contributed by atoms with Crippen LogP contribution in [-0.2, 0) is 6.54 Å². The Morgan fingerprint density at radius 3 is 2.55 bits per heavy atom. The third-order valence-corrected chi connectivity index (χ3v) is 6.03. The highest BCUT2D eigenvalue weighted by atomic mass is 19.1.